The fourth-order valence-corrected chi connectivity index (χ4v) is 4.28. The second kappa shape index (κ2) is 5.15. The molecule has 2 aromatic carbocycles. The number of rotatable bonds is 2. The highest BCUT2D eigenvalue weighted by atomic mass is 32.1. The van der Waals surface area contributed by atoms with Gasteiger partial charge in [-0.2, -0.15) is 0 Å². The number of hydrogen-bond acceptors (Lipinski definition) is 7. The zero-order valence-corrected chi connectivity index (χ0v) is 13.7. The Labute approximate surface area is 143 Å². The summed E-state index contributed by atoms with van der Waals surface area (Å²) in [5.41, 5.74) is 4.07. The third-order valence-corrected chi connectivity index (χ3v) is 5.50. The minimum Gasteiger partial charge on any atom is -0.454 e. The smallest absolute Gasteiger partial charge is 0.257 e. The lowest BCUT2D eigenvalue weighted by Gasteiger charge is -2.02. The molecule has 5 rings (SSSR count). The Morgan fingerprint density at radius 1 is 1.17 bits per heavy atom. The van der Waals surface area contributed by atoms with Crippen molar-refractivity contribution in [2.75, 3.05) is 12.1 Å². The van der Waals surface area contributed by atoms with Gasteiger partial charge in [-0.25, -0.2) is 9.97 Å². The van der Waals surface area contributed by atoms with Gasteiger partial charge in [0.2, 0.25) is 6.79 Å². The second-order valence-electron chi connectivity index (χ2n) is 5.15. The van der Waals surface area contributed by atoms with E-state index < -0.39 is 0 Å². The SMILES string of the molecule is O=C(Nc1nc2ccc3scnc3c2s1)c1ccc2c(c1)OCO2. The molecule has 8 heteroatoms. The Morgan fingerprint density at radius 3 is 3.04 bits per heavy atom. The highest BCUT2D eigenvalue weighted by molar-refractivity contribution is 7.24. The lowest BCUT2D eigenvalue weighted by molar-refractivity contribution is 0.102. The van der Waals surface area contributed by atoms with E-state index in [-0.39, 0.29) is 12.7 Å². The summed E-state index contributed by atoms with van der Waals surface area (Å²) >= 11 is 3.01. The molecule has 1 aliphatic rings. The molecular formula is C16H9N3O3S2. The van der Waals surface area contributed by atoms with Crippen molar-refractivity contribution in [3.63, 3.8) is 0 Å². The van der Waals surface area contributed by atoms with E-state index in [1.165, 1.54) is 11.3 Å². The third kappa shape index (κ3) is 2.11. The molecule has 118 valence electrons. The summed E-state index contributed by atoms with van der Waals surface area (Å²) < 4.78 is 12.7. The molecule has 4 aromatic rings. The average Bonchev–Trinajstić information content (AvgIpc) is 3.31. The van der Waals surface area contributed by atoms with Crippen molar-refractivity contribution in [1.29, 1.82) is 0 Å². The van der Waals surface area contributed by atoms with Gasteiger partial charge < -0.3 is 9.47 Å². The number of fused-ring (bicyclic) bond motifs is 4. The van der Waals surface area contributed by atoms with Crippen LogP contribution in [0.5, 0.6) is 11.5 Å². The van der Waals surface area contributed by atoms with E-state index in [2.05, 4.69) is 15.3 Å². The topological polar surface area (TPSA) is 73.3 Å². The normalized spacial score (nSPS) is 12.8. The van der Waals surface area contributed by atoms with Gasteiger partial charge in [-0.3, -0.25) is 10.1 Å². The predicted molar refractivity (Wildman–Crippen MR) is 93.3 cm³/mol. The van der Waals surface area contributed by atoms with E-state index >= 15 is 0 Å². The van der Waals surface area contributed by atoms with Crippen LogP contribution in [0, 0.1) is 0 Å². The van der Waals surface area contributed by atoms with Gasteiger partial charge in [-0.15, -0.1) is 11.3 Å². The molecule has 3 heterocycles. The molecule has 2 aromatic heterocycles. The number of anilines is 1. The fourth-order valence-electron chi connectivity index (χ4n) is 2.57. The predicted octanol–water partition coefficient (Wildman–Crippen LogP) is 3.89. The van der Waals surface area contributed by atoms with E-state index in [1.54, 1.807) is 29.5 Å². The maximum atomic E-state index is 12.4. The maximum Gasteiger partial charge on any atom is 0.257 e. The molecule has 1 N–H and O–H groups in total. The van der Waals surface area contributed by atoms with Crippen molar-refractivity contribution in [1.82, 2.24) is 9.97 Å². The van der Waals surface area contributed by atoms with Crippen molar-refractivity contribution in [3.05, 3.63) is 41.4 Å². The summed E-state index contributed by atoms with van der Waals surface area (Å²) in [5.74, 6) is 0.996. The number of benzene rings is 2. The Hall–Kier alpha value is -2.71. The van der Waals surface area contributed by atoms with Crippen LogP contribution in [0.1, 0.15) is 10.4 Å². The molecule has 1 aliphatic heterocycles. The first-order chi connectivity index (χ1) is 11.8. The summed E-state index contributed by atoms with van der Waals surface area (Å²) in [6.07, 6.45) is 0. The summed E-state index contributed by atoms with van der Waals surface area (Å²) in [4.78, 5) is 21.3. The van der Waals surface area contributed by atoms with Crippen molar-refractivity contribution >= 4 is 54.1 Å². The van der Waals surface area contributed by atoms with Gasteiger partial charge >= 0.3 is 0 Å². The minimum atomic E-state index is -0.234. The highest BCUT2D eigenvalue weighted by Gasteiger charge is 2.17. The number of ether oxygens (including phenoxy) is 2. The molecular weight excluding hydrogens is 346 g/mol. The van der Waals surface area contributed by atoms with Crippen molar-refractivity contribution in [3.8, 4) is 11.5 Å². The maximum absolute atomic E-state index is 12.4. The summed E-state index contributed by atoms with van der Waals surface area (Å²) in [6, 6.07) is 9.05. The number of thiazole rings is 2. The molecule has 0 aliphatic carbocycles. The van der Waals surface area contributed by atoms with Gasteiger partial charge in [0.15, 0.2) is 16.6 Å². The second-order valence-corrected chi connectivity index (χ2v) is 7.04. The summed E-state index contributed by atoms with van der Waals surface area (Å²) in [5, 5.41) is 3.39. The number of carbonyl (C=O) groups is 1. The number of hydrogen-bond donors (Lipinski definition) is 1. The molecule has 0 saturated carbocycles. The van der Waals surface area contributed by atoms with Gasteiger partial charge in [0.1, 0.15) is 5.52 Å². The first-order valence-electron chi connectivity index (χ1n) is 7.12. The number of amides is 1. The average molecular weight is 355 g/mol. The molecule has 0 spiro atoms. The lowest BCUT2D eigenvalue weighted by atomic mass is 10.2. The summed E-state index contributed by atoms with van der Waals surface area (Å²) in [7, 11) is 0. The van der Waals surface area contributed by atoms with Crippen LogP contribution < -0.4 is 14.8 Å². The van der Waals surface area contributed by atoms with E-state index in [0.717, 1.165) is 20.4 Å². The standard InChI is InChI=1S/C16H9N3O3S2/c20-15(8-1-3-10-11(5-8)22-7-21-10)19-16-18-9-2-4-12-13(14(9)24-16)17-6-23-12/h1-6H,7H2,(H,18,19,20). The van der Waals surface area contributed by atoms with Crippen LogP contribution in [0.4, 0.5) is 5.13 Å². The Bertz CT molecular complexity index is 1100. The zero-order valence-electron chi connectivity index (χ0n) is 12.1. The van der Waals surface area contributed by atoms with Gasteiger partial charge in [-0.05, 0) is 30.3 Å². The zero-order chi connectivity index (χ0) is 16.1. The van der Waals surface area contributed by atoms with Gasteiger partial charge in [0, 0.05) is 5.56 Å². The van der Waals surface area contributed by atoms with Crippen LogP contribution in [0.25, 0.3) is 20.4 Å². The molecule has 6 nitrogen and oxygen atoms in total. The first-order valence-corrected chi connectivity index (χ1v) is 8.81. The molecule has 0 saturated heterocycles. The van der Waals surface area contributed by atoms with Gasteiger partial charge in [-0.1, -0.05) is 11.3 Å². The van der Waals surface area contributed by atoms with E-state index in [9.17, 15) is 4.79 Å². The monoisotopic (exact) mass is 355 g/mol. The van der Waals surface area contributed by atoms with Crippen LogP contribution in [-0.2, 0) is 0 Å². The lowest BCUT2D eigenvalue weighted by Crippen LogP contribution is -2.11. The van der Waals surface area contributed by atoms with E-state index in [4.69, 9.17) is 9.47 Å². The van der Waals surface area contributed by atoms with Crippen LogP contribution in [0.15, 0.2) is 35.8 Å². The number of carbonyl (C=O) groups excluding carboxylic acids is 1. The number of aromatic nitrogens is 2. The third-order valence-electron chi connectivity index (χ3n) is 3.71. The molecule has 0 atom stereocenters. The van der Waals surface area contributed by atoms with Crippen LogP contribution in [0.3, 0.4) is 0 Å². The first kappa shape index (κ1) is 13.7. The Balaban J connectivity index is 1.48. The summed E-state index contributed by atoms with van der Waals surface area (Å²) in [6.45, 7) is 0.182. The number of nitrogens with zero attached hydrogens (tertiary/aromatic N) is 2. The van der Waals surface area contributed by atoms with Gasteiger partial charge in [0.05, 0.1) is 20.4 Å². The molecule has 0 radical (unpaired) electrons. The van der Waals surface area contributed by atoms with Crippen molar-refractivity contribution in [2.45, 2.75) is 0 Å². The van der Waals surface area contributed by atoms with Gasteiger partial charge in [0.25, 0.3) is 5.91 Å². The Morgan fingerprint density at radius 2 is 2.08 bits per heavy atom. The minimum absolute atomic E-state index is 0.182. The van der Waals surface area contributed by atoms with Crippen LogP contribution in [-0.4, -0.2) is 22.7 Å². The molecule has 0 bridgehead atoms. The molecule has 0 unspecified atom stereocenters. The molecule has 0 fully saturated rings. The molecule has 24 heavy (non-hydrogen) atoms. The molecule has 1 amide bonds. The van der Waals surface area contributed by atoms with Crippen molar-refractivity contribution in [2.24, 2.45) is 0 Å². The van der Waals surface area contributed by atoms with Crippen LogP contribution in [0.2, 0.25) is 0 Å². The Kier molecular flexibility index (Phi) is 2.94. The quantitative estimate of drug-likeness (QED) is 0.590. The highest BCUT2D eigenvalue weighted by Crippen LogP contribution is 2.35. The number of nitrogens with one attached hydrogen (secondary N) is 1. The van der Waals surface area contributed by atoms with E-state index in [0.29, 0.717) is 22.2 Å². The van der Waals surface area contributed by atoms with Crippen molar-refractivity contribution < 1.29 is 14.3 Å². The fraction of sp³-hybridized carbons (Fsp3) is 0.0625. The van der Waals surface area contributed by atoms with Crippen LogP contribution >= 0.6 is 22.7 Å². The largest absolute Gasteiger partial charge is 0.454 e. The van der Waals surface area contributed by atoms with E-state index in [1.807, 2.05) is 17.6 Å².